The fraction of sp³-hybridized carbons (Fsp3) is 0.500. The van der Waals surface area contributed by atoms with Gasteiger partial charge in [0.05, 0.1) is 11.4 Å². The summed E-state index contributed by atoms with van der Waals surface area (Å²) in [5.41, 5.74) is 0.737. The van der Waals surface area contributed by atoms with Crippen molar-refractivity contribution in [2.45, 2.75) is 46.2 Å². The van der Waals surface area contributed by atoms with Crippen molar-refractivity contribution in [2.24, 2.45) is 4.99 Å². The molecule has 21 heavy (non-hydrogen) atoms. The normalized spacial score (nSPS) is 18.8. The average molecular weight is 305 g/mol. The van der Waals surface area contributed by atoms with Crippen LogP contribution in [0.5, 0.6) is 0 Å². The van der Waals surface area contributed by atoms with Gasteiger partial charge >= 0.3 is 6.03 Å². The van der Waals surface area contributed by atoms with E-state index in [1.54, 1.807) is 21.6 Å². The number of benzene rings is 1. The first-order chi connectivity index (χ1) is 9.79. The average Bonchev–Trinajstić information content (AvgIpc) is 2.37. The van der Waals surface area contributed by atoms with Gasteiger partial charge in [0.25, 0.3) is 0 Å². The quantitative estimate of drug-likeness (QED) is 0.821. The van der Waals surface area contributed by atoms with Crippen LogP contribution in [0.4, 0.5) is 10.5 Å². The highest BCUT2D eigenvalue weighted by atomic mass is 32.2. The van der Waals surface area contributed by atoms with E-state index in [2.05, 4.69) is 0 Å². The van der Waals surface area contributed by atoms with E-state index in [-0.39, 0.29) is 17.6 Å². The molecule has 1 fully saturated rings. The largest absolute Gasteiger partial charge is 0.331 e. The first-order valence-corrected chi connectivity index (χ1v) is 8.16. The number of para-hydroxylation sites is 1. The van der Waals surface area contributed by atoms with Gasteiger partial charge in [-0.3, -0.25) is 14.8 Å². The third-order valence-electron chi connectivity index (χ3n) is 2.98. The summed E-state index contributed by atoms with van der Waals surface area (Å²) in [4.78, 5) is 21.1. The Morgan fingerprint density at radius 1 is 1.19 bits per heavy atom. The Bertz CT molecular complexity index is 534. The molecule has 2 amide bonds. The van der Waals surface area contributed by atoms with Gasteiger partial charge in [-0.15, -0.1) is 0 Å². The van der Waals surface area contributed by atoms with Crippen molar-refractivity contribution in [1.29, 1.82) is 0 Å². The number of thioether (sulfide) groups is 1. The lowest BCUT2D eigenvalue weighted by Crippen LogP contribution is -2.53. The molecule has 0 spiro atoms. The number of hydrogen-bond donors (Lipinski definition) is 0. The lowest BCUT2D eigenvalue weighted by Gasteiger charge is -2.38. The highest BCUT2D eigenvalue weighted by Gasteiger charge is 2.34. The Morgan fingerprint density at radius 2 is 1.81 bits per heavy atom. The second kappa shape index (κ2) is 6.10. The minimum Gasteiger partial charge on any atom is -0.284 e. The number of rotatable bonds is 2. The van der Waals surface area contributed by atoms with E-state index in [1.165, 1.54) is 0 Å². The summed E-state index contributed by atoms with van der Waals surface area (Å²) in [7, 11) is 0. The lowest BCUT2D eigenvalue weighted by atomic mass is 10.1. The Hall–Kier alpha value is -1.49. The number of urea groups is 1. The molecule has 0 aliphatic carbocycles. The van der Waals surface area contributed by atoms with Gasteiger partial charge in [-0.2, -0.15) is 0 Å². The number of amidine groups is 1. The summed E-state index contributed by atoms with van der Waals surface area (Å²) in [5.74, 6) is 0.598. The first-order valence-electron chi connectivity index (χ1n) is 7.18. The number of anilines is 1. The van der Waals surface area contributed by atoms with Crippen LogP contribution in [0.2, 0.25) is 0 Å². The van der Waals surface area contributed by atoms with Crippen LogP contribution in [0.15, 0.2) is 35.3 Å². The zero-order chi connectivity index (χ0) is 15.6. The molecule has 4 nitrogen and oxygen atoms in total. The molecular weight excluding hydrogens is 282 g/mol. The van der Waals surface area contributed by atoms with Gasteiger partial charge in [-0.1, -0.05) is 30.0 Å². The number of nitrogens with zero attached hydrogens (tertiary/aromatic N) is 3. The molecule has 1 aromatic rings. The Balaban J connectivity index is 2.32. The van der Waals surface area contributed by atoms with Crippen LogP contribution in [0.3, 0.4) is 0 Å². The van der Waals surface area contributed by atoms with Gasteiger partial charge in [0.1, 0.15) is 0 Å². The second-order valence-corrected chi connectivity index (χ2v) is 7.26. The lowest BCUT2D eigenvalue weighted by molar-refractivity contribution is 0.220. The van der Waals surface area contributed by atoms with Gasteiger partial charge in [-0.25, -0.2) is 4.79 Å². The fourth-order valence-electron chi connectivity index (χ4n) is 2.07. The molecule has 0 saturated carbocycles. The molecule has 0 radical (unpaired) electrons. The monoisotopic (exact) mass is 305 g/mol. The molecule has 2 rings (SSSR count). The van der Waals surface area contributed by atoms with Gasteiger partial charge in [0.15, 0.2) is 5.17 Å². The van der Waals surface area contributed by atoms with E-state index in [1.807, 2.05) is 65.0 Å². The van der Waals surface area contributed by atoms with E-state index in [9.17, 15) is 4.79 Å². The van der Waals surface area contributed by atoms with Crippen molar-refractivity contribution in [1.82, 2.24) is 4.90 Å². The summed E-state index contributed by atoms with van der Waals surface area (Å²) in [6, 6.07) is 9.86. The molecular formula is C16H23N3OS. The van der Waals surface area contributed by atoms with Crippen LogP contribution in [-0.2, 0) is 0 Å². The van der Waals surface area contributed by atoms with Crippen molar-refractivity contribution in [3.8, 4) is 0 Å². The van der Waals surface area contributed by atoms with Gasteiger partial charge in [0.2, 0.25) is 0 Å². The zero-order valence-electron chi connectivity index (χ0n) is 13.3. The zero-order valence-corrected chi connectivity index (χ0v) is 14.1. The molecule has 0 aromatic heterocycles. The van der Waals surface area contributed by atoms with Crippen LogP contribution in [-0.4, -0.2) is 33.6 Å². The molecule has 1 heterocycles. The van der Waals surface area contributed by atoms with Crippen LogP contribution >= 0.6 is 11.8 Å². The van der Waals surface area contributed by atoms with E-state index in [0.717, 1.165) is 10.9 Å². The van der Waals surface area contributed by atoms with Crippen molar-refractivity contribution in [3.63, 3.8) is 0 Å². The molecule has 0 unspecified atom stereocenters. The van der Waals surface area contributed by atoms with Crippen LogP contribution < -0.4 is 4.90 Å². The first kappa shape index (κ1) is 15.9. The molecule has 1 aliphatic rings. The number of amides is 2. The topological polar surface area (TPSA) is 35.9 Å². The number of hydrogen-bond acceptors (Lipinski definition) is 3. The van der Waals surface area contributed by atoms with Crippen LogP contribution in [0.1, 0.15) is 34.6 Å². The summed E-state index contributed by atoms with van der Waals surface area (Å²) in [5, 5.41) is 0.815. The van der Waals surface area contributed by atoms with Crippen molar-refractivity contribution in [3.05, 3.63) is 30.3 Å². The summed E-state index contributed by atoms with van der Waals surface area (Å²) >= 11 is 1.61. The summed E-state index contributed by atoms with van der Waals surface area (Å²) in [6.07, 6.45) is 0. The van der Waals surface area contributed by atoms with Crippen molar-refractivity contribution < 1.29 is 4.79 Å². The minimum absolute atomic E-state index is 0.00190. The highest BCUT2D eigenvalue weighted by molar-refractivity contribution is 8.14. The highest BCUT2D eigenvalue weighted by Crippen LogP contribution is 2.29. The molecule has 1 saturated heterocycles. The van der Waals surface area contributed by atoms with Gasteiger partial charge < -0.3 is 0 Å². The Kier molecular flexibility index (Phi) is 4.61. The van der Waals surface area contributed by atoms with Crippen LogP contribution in [0.25, 0.3) is 0 Å². The van der Waals surface area contributed by atoms with Crippen molar-refractivity contribution >= 4 is 28.6 Å². The molecule has 1 aliphatic heterocycles. The molecule has 0 N–H and O–H groups in total. The number of carbonyl (C=O) groups excluding carboxylic acids is 1. The minimum atomic E-state index is -0.190. The van der Waals surface area contributed by atoms with Crippen LogP contribution in [0, 0.1) is 0 Å². The molecule has 1 aromatic carbocycles. The fourth-order valence-corrected chi connectivity index (χ4v) is 3.34. The van der Waals surface area contributed by atoms with Gasteiger partial charge in [0, 0.05) is 11.7 Å². The maximum absolute atomic E-state index is 12.8. The molecule has 0 bridgehead atoms. The smallest absolute Gasteiger partial charge is 0.284 e. The summed E-state index contributed by atoms with van der Waals surface area (Å²) in [6.45, 7) is 10.2. The van der Waals surface area contributed by atoms with E-state index < -0.39 is 0 Å². The maximum atomic E-state index is 12.8. The maximum Gasteiger partial charge on any atom is 0.331 e. The van der Waals surface area contributed by atoms with E-state index in [4.69, 9.17) is 4.99 Å². The number of aliphatic imine (C=N–C) groups is 1. The Morgan fingerprint density at radius 3 is 2.33 bits per heavy atom. The third-order valence-corrected chi connectivity index (χ3v) is 3.91. The predicted octanol–water partition coefficient (Wildman–Crippen LogP) is 4.18. The second-order valence-electron chi connectivity index (χ2n) is 6.35. The van der Waals surface area contributed by atoms with E-state index >= 15 is 0 Å². The molecule has 0 atom stereocenters. The summed E-state index contributed by atoms with van der Waals surface area (Å²) < 4.78 is 0. The standard InChI is InChI=1S/C16H23N3OS/c1-12(2)19-14(17-16(3,4)5)21-11-18(15(19)20)13-9-7-6-8-10-13/h6-10,12H,11H2,1-5H3/b17-14-. The SMILES string of the molecule is CC(C)N1C(=O)N(c2ccccc2)CS/C1=N\C(C)(C)C. The third kappa shape index (κ3) is 3.79. The molecule has 5 heteroatoms. The number of carbonyl (C=O) groups is 1. The van der Waals surface area contributed by atoms with Crippen molar-refractivity contribution in [2.75, 3.05) is 10.8 Å². The predicted molar refractivity (Wildman–Crippen MR) is 90.9 cm³/mol. The van der Waals surface area contributed by atoms with E-state index in [0.29, 0.717) is 5.88 Å². The molecule has 114 valence electrons. The Labute approximate surface area is 131 Å². The van der Waals surface area contributed by atoms with Gasteiger partial charge in [-0.05, 0) is 46.8 Å².